The molecule has 6 nitrogen and oxygen atoms in total. The number of para-hydroxylation sites is 1. The number of hydrogen-bond acceptors (Lipinski definition) is 4. The molecule has 0 spiro atoms. The molecule has 0 saturated carbocycles. The average Bonchev–Trinajstić information content (AvgIpc) is 2.81. The van der Waals surface area contributed by atoms with E-state index < -0.39 is 10.0 Å². The molecule has 1 aliphatic heterocycles. The van der Waals surface area contributed by atoms with Crippen molar-refractivity contribution in [3.63, 3.8) is 0 Å². The first-order chi connectivity index (χ1) is 15.9. The summed E-state index contributed by atoms with van der Waals surface area (Å²) < 4.78 is 26.1. The average molecular weight is 460 g/mol. The van der Waals surface area contributed by atoms with Gasteiger partial charge in [-0.05, 0) is 35.7 Å². The summed E-state index contributed by atoms with van der Waals surface area (Å²) in [5.41, 5.74) is 3.07. The molecule has 3 aromatic carbocycles. The smallest absolute Gasteiger partial charge is 0.254 e. The zero-order chi connectivity index (χ0) is 23.0. The fourth-order valence-electron chi connectivity index (χ4n) is 4.67. The van der Waals surface area contributed by atoms with Crippen LogP contribution >= 0.6 is 0 Å². The van der Waals surface area contributed by atoms with E-state index in [1.54, 1.807) is 4.90 Å². The van der Waals surface area contributed by atoms with E-state index in [0.717, 1.165) is 52.0 Å². The first-order valence-electron chi connectivity index (χ1n) is 11.0. The van der Waals surface area contributed by atoms with Crippen molar-refractivity contribution < 1.29 is 13.2 Å². The number of sulfonamides is 1. The lowest BCUT2D eigenvalue weighted by Gasteiger charge is -2.33. The third-order valence-corrected chi connectivity index (χ3v) is 6.86. The van der Waals surface area contributed by atoms with Gasteiger partial charge >= 0.3 is 0 Å². The second kappa shape index (κ2) is 8.57. The molecule has 1 aromatic heterocycles. The number of carbonyl (C=O) groups excluding carboxylic acids is 1. The monoisotopic (exact) mass is 459 g/mol. The summed E-state index contributed by atoms with van der Waals surface area (Å²) in [6.07, 6.45) is 2.62. The van der Waals surface area contributed by atoms with Crippen molar-refractivity contribution in [2.75, 3.05) is 19.3 Å². The molecule has 1 saturated heterocycles. The maximum absolute atomic E-state index is 13.7. The normalized spacial score (nSPS) is 16.9. The van der Waals surface area contributed by atoms with Crippen LogP contribution in [0.1, 0.15) is 23.2 Å². The van der Waals surface area contributed by atoms with Crippen LogP contribution < -0.4 is 4.72 Å². The second-order valence-electron chi connectivity index (χ2n) is 8.58. The molecule has 2 heterocycles. The fourth-order valence-corrected chi connectivity index (χ4v) is 5.47. The van der Waals surface area contributed by atoms with Gasteiger partial charge in [0.2, 0.25) is 10.0 Å². The van der Waals surface area contributed by atoms with Crippen LogP contribution in [0.3, 0.4) is 0 Å². The number of benzene rings is 3. The molecule has 5 rings (SSSR count). The van der Waals surface area contributed by atoms with Gasteiger partial charge in [-0.1, -0.05) is 60.7 Å². The van der Waals surface area contributed by atoms with E-state index in [9.17, 15) is 13.2 Å². The Bertz CT molecular complexity index is 1460. The van der Waals surface area contributed by atoms with Gasteiger partial charge in [0.05, 0.1) is 23.0 Å². The number of fused-ring (bicyclic) bond motifs is 2. The summed E-state index contributed by atoms with van der Waals surface area (Å²) in [5, 5.41) is 2.99. The molecule has 1 aliphatic rings. The zero-order valence-electron chi connectivity index (χ0n) is 18.4. The molecule has 7 heteroatoms. The van der Waals surface area contributed by atoms with Crippen LogP contribution in [0.15, 0.2) is 72.8 Å². The minimum Gasteiger partial charge on any atom is -0.337 e. The number of piperidine rings is 1. The van der Waals surface area contributed by atoms with E-state index in [2.05, 4.69) is 22.9 Å². The zero-order valence-corrected chi connectivity index (χ0v) is 19.2. The summed E-state index contributed by atoms with van der Waals surface area (Å²) in [4.78, 5) is 20.3. The van der Waals surface area contributed by atoms with Crippen LogP contribution in [-0.2, 0) is 10.0 Å². The van der Waals surface area contributed by atoms with Crippen molar-refractivity contribution in [1.29, 1.82) is 0 Å². The fraction of sp³-hybridized carbons (Fsp3) is 0.231. The molecule has 33 heavy (non-hydrogen) atoms. The van der Waals surface area contributed by atoms with Crippen molar-refractivity contribution in [2.45, 2.75) is 18.9 Å². The van der Waals surface area contributed by atoms with Crippen molar-refractivity contribution in [3.05, 3.63) is 78.4 Å². The minimum absolute atomic E-state index is 0.102. The highest BCUT2D eigenvalue weighted by Gasteiger charge is 2.27. The molecule has 1 unspecified atom stereocenters. The molecular weight excluding hydrogens is 434 g/mol. The first kappa shape index (κ1) is 21.6. The van der Waals surface area contributed by atoms with Crippen LogP contribution in [-0.4, -0.2) is 49.6 Å². The van der Waals surface area contributed by atoms with Crippen molar-refractivity contribution >= 4 is 37.6 Å². The number of nitrogens with zero attached hydrogens (tertiary/aromatic N) is 2. The highest BCUT2D eigenvalue weighted by molar-refractivity contribution is 7.88. The van der Waals surface area contributed by atoms with Gasteiger partial charge < -0.3 is 4.90 Å². The van der Waals surface area contributed by atoms with Crippen LogP contribution in [0.5, 0.6) is 0 Å². The quantitative estimate of drug-likeness (QED) is 0.496. The molecule has 1 atom stereocenters. The number of pyridine rings is 1. The van der Waals surface area contributed by atoms with Gasteiger partial charge in [-0.3, -0.25) is 4.79 Å². The number of hydrogen-bond donors (Lipinski definition) is 1. The topological polar surface area (TPSA) is 79.4 Å². The van der Waals surface area contributed by atoms with E-state index in [1.165, 1.54) is 0 Å². The van der Waals surface area contributed by atoms with E-state index in [1.807, 2.05) is 54.6 Å². The number of nitrogens with one attached hydrogen (secondary N) is 1. The Morgan fingerprint density at radius 1 is 1.00 bits per heavy atom. The number of amides is 1. The Labute approximate surface area is 193 Å². The van der Waals surface area contributed by atoms with Crippen molar-refractivity contribution in [3.8, 4) is 11.3 Å². The summed E-state index contributed by atoms with van der Waals surface area (Å²) in [7, 11) is -3.33. The maximum Gasteiger partial charge on any atom is 0.254 e. The largest absolute Gasteiger partial charge is 0.337 e. The van der Waals surface area contributed by atoms with Gasteiger partial charge in [0, 0.05) is 30.1 Å². The third-order valence-electron chi connectivity index (χ3n) is 6.10. The number of rotatable bonds is 4. The third kappa shape index (κ3) is 4.47. The first-order valence-corrected chi connectivity index (χ1v) is 12.9. The minimum atomic E-state index is -3.33. The molecule has 1 amide bonds. The Morgan fingerprint density at radius 3 is 2.55 bits per heavy atom. The van der Waals surface area contributed by atoms with Crippen molar-refractivity contribution in [1.82, 2.24) is 14.6 Å². The predicted molar refractivity (Wildman–Crippen MR) is 132 cm³/mol. The van der Waals surface area contributed by atoms with Gasteiger partial charge in [-0.15, -0.1) is 0 Å². The predicted octanol–water partition coefficient (Wildman–Crippen LogP) is 4.21. The van der Waals surface area contributed by atoms with Gasteiger partial charge in [-0.2, -0.15) is 0 Å². The standard InChI is InChI=1S/C26H25N3O3S/c1-33(31,32)28-19-10-7-15-29(17-19)26(30)23-16-25(27-24-14-5-4-12-22(23)24)21-13-6-9-18-8-2-3-11-20(18)21/h2-6,8-9,11-14,16,19,28H,7,10,15,17H2,1H3. The summed E-state index contributed by atoms with van der Waals surface area (Å²) in [6.45, 7) is 0.952. The molecule has 168 valence electrons. The van der Waals surface area contributed by atoms with Crippen LogP contribution in [0.25, 0.3) is 32.9 Å². The number of likely N-dealkylation sites (tertiary alicyclic amines) is 1. The van der Waals surface area contributed by atoms with Crippen LogP contribution in [0, 0.1) is 0 Å². The molecule has 0 bridgehead atoms. The number of carbonyl (C=O) groups is 1. The van der Waals surface area contributed by atoms with Gasteiger partial charge in [0.1, 0.15) is 0 Å². The molecule has 0 aliphatic carbocycles. The van der Waals surface area contributed by atoms with Gasteiger partial charge in [-0.25, -0.2) is 18.1 Å². The van der Waals surface area contributed by atoms with E-state index >= 15 is 0 Å². The summed E-state index contributed by atoms with van der Waals surface area (Å²) in [5.74, 6) is -0.102. The molecule has 1 fully saturated rings. The lowest BCUT2D eigenvalue weighted by atomic mass is 9.98. The molecule has 1 N–H and O–H groups in total. The lowest BCUT2D eigenvalue weighted by Crippen LogP contribution is -2.49. The molecule has 4 aromatic rings. The number of aromatic nitrogens is 1. The summed E-state index contributed by atoms with van der Waals surface area (Å²) in [6, 6.07) is 23.5. The Kier molecular flexibility index (Phi) is 5.60. The lowest BCUT2D eigenvalue weighted by molar-refractivity contribution is 0.0705. The molecule has 0 radical (unpaired) electrons. The second-order valence-corrected chi connectivity index (χ2v) is 10.4. The summed E-state index contributed by atoms with van der Waals surface area (Å²) >= 11 is 0. The Morgan fingerprint density at radius 2 is 1.73 bits per heavy atom. The van der Waals surface area contributed by atoms with Crippen molar-refractivity contribution in [2.24, 2.45) is 0 Å². The van der Waals surface area contributed by atoms with E-state index in [4.69, 9.17) is 4.98 Å². The Hall–Kier alpha value is -3.29. The van der Waals surface area contributed by atoms with E-state index in [0.29, 0.717) is 18.7 Å². The van der Waals surface area contributed by atoms with Gasteiger partial charge in [0.15, 0.2) is 0 Å². The highest BCUT2D eigenvalue weighted by Crippen LogP contribution is 2.31. The molecular formula is C26H25N3O3S. The maximum atomic E-state index is 13.7. The SMILES string of the molecule is CS(=O)(=O)NC1CCCN(C(=O)c2cc(-c3cccc4ccccc34)nc3ccccc23)C1. The Balaban J connectivity index is 1.59. The van der Waals surface area contributed by atoms with Crippen LogP contribution in [0.2, 0.25) is 0 Å². The van der Waals surface area contributed by atoms with E-state index in [-0.39, 0.29) is 11.9 Å². The highest BCUT2D eigenvalue weighted by atomic mass is 32.2. The van der Waals surface area contributed by atoms with Gasteiger partial charge in [0.25, 0.3) is 5.91 Å². The van der Waals surface area contributed by atoms with Crippen LogP contribution in [0.4, 0.5) is 0 Å².